The van der Waals surface area contributed by atoms with Crippen molar-refractivity contribution in [3.8, 4) is 0 Å². The van der Waals surface area contributed by atoms with Crippen LogP contribution in [0.1, 0.15) is 24.9 Å². The van der Waals surface area contributed by atoms with Gasteiger partial charge in [-0.05, 0) is 36.8 Å². The van der Waals surface area contributed by atoms with Crippen molar-refractivity contribution in [3.63, 3.8) is 0 Å². The van der Waals surface area contributed by atoms with E-state index in [4.69, 9.17) is 12.2 Å². The number of halogens is 1. The molecule has 0 aliphatic heterocycles. The Morgan fingerprint density at radius 1 is 1.42 bits per heavy atom. The highest BCUT2D eigenvalue weighted by molar-refractivity contribution is 7.80. The van der Waals surface area contributed by atoms with Gasteiger partial charge < -0.3 is 15.4 Å². The molecule has 2 N–H and O–H groups in total. The summed E-state index contributed by atoms with van der Waals surface area (Å²) in [5, 5.41) is 6.40. The average Bonchev–Trinajstić information content (AvgIpc) is 2.39. The molecular formula is C13H17FN2O2S. The maximum absolute atomic E-state index is 12.8. The fourth-order valence-corrected chi connectivity index (χ4v) is 1.74. The summed E-state index contributed by atoms with van der Waals surface area (Å²) in [5.74, 6) is -0.559. The van der Waals surface area contributed by atoms with Crippen molar-refractivity contribution in [1.82, 2.24) is 10.6 Å². The Labute approximate surface area is 117 Å². The summed E-state index contributed by atoms with van der Waals surface area (Å²) >= 11 is 5.10. The van der Waals surface area contributed by atoms with Crippen molar-refractivity contribution in [1.29, 1.82) is 0 Å². The van der Waals surface area contributed by atoms with E-state index in [9.17, 15) is 9.18 Å². The summed E-state index contributed by atoms with van der Waals surface area (Å²) in [6.07, 6.45) is 0.253. The number of thiocarbonyl (C=S) groups is 1. The van der Waals surface area contributed by atoms with E-state index in [0.29, 0.717) is 11.7 Å². The molecule has 1 rings (SSSR count). The van der Waals surface area contributed by atoms with Gasteiger partial charge in [0.2, 0.25) is 0 Å². The third-order valence-electron chi connectivity index (χ3n) is 2.56. The predicted octanol–water partition coefficient (Wildman–Crippen LogP) is 1.91. The van der Waals surface area contributed by atoms with Crippen molar-refractivity contribution in [2.45, 2.75) is 19.4 Å². The van der Waals surface area contributed by atoms with E-state index in [1.54, 1.807) is 12.1 Å². The zero-order valence-corrected chi connectivity index (χ0v) is 11.7. The van der Waals surface area contributed by atoms with Crippen molar-refractivity contribution in [2.24, 2.45) is 0 Å². The number of hydrogen-bond donors (Lipinski definition) is 2. The van der Waals surface area contributed by atoms with Gasteiger partial charge in [0.05, 0.1) is 19.6 Å². The molecule has 0 saturated carbocycles. The van der Waals surface area contributed by atoms with Gasteiger partial charge >= 0.3 is 5.97 Å². The van der Waals surface area contributed by atoms with Crippen LogP contribution < -0.4 is 10.6 Å². The summed E-state index contributed by atoms with van der Waals surface area (Å²) in [4.78, 5) is 10.9. The van der Waals surface area contributed by atoms with Crippen LogP contribution >= 0.6 is 12.2 Å². The number of carbonyl (C=O) groups is 1. The van der Waals surface area contributed by atoms with Gasteiger partial charge in [-0.15, -0.1) is 0 Å². The van der Waals surface area contributed by atoms with Crippen LogP contribution in [0, 0.1) is 5.82 Å². The number of ether oxygens (including phenoxy) is 1. The van der Waals surface area contributed by atoms with E-state index in [0.717, 1.165) is 5.56 Å². The molecule has 0 fully saturated rings. The molecule has 0 amide bonds. The van der Waals surface area contributed by atoms with Crippen molar-refractivity contribution in [2.75, 3.05) is 13.7 Å². The molecule has 6 heteroatoms. The fraction of sp³-hybridized carbons (Fsp3) is 0.385. The lowest BCUT2D eigenvalue weighted by Crippen LogP contribution is -2.37. The lowest BCUT2D eigenvalue weighted by molar-refractivity contribution is -0.140. The first-order chi connectivity index (χ1) is 9.02. The maximum atomic E-state index is 12.8. The molecule has 19 heavy (non-hydrogen) atoms. The second kappa shape index (κ2) is 7.68. The van der Waals surface area contributed by atoms with Crippen LogP contribution in [0.2, 0.25) is 0 Å². The minimum absolute atomic E-state index is 0.0428. The SMILES string of the molecule is COC(=O)CCNC(=S)NC(C)c1ccc(F)cc1. The van der Waals surface area contributed by atoms with Gasteiger partial charge in [-0.1, -0.05) is 12.1 Å². The van der Waals surface area contributed by atoms with Gasteiger partial charge in [0.15, 0.2) is 5.11 Å². The van der Waals surface area contributed by atoms with Crippen LogP contribution in [0.25, 0.3) is 0 Å². The Balaban J connectivity index is 2.35. The zero-order valence-electron chi connectivity index (χ0n) is 10.9. The predicted molar refractivity (Wildman–Crippen MR) is 75.2 cm³/mol. The van der Waals surface area contributed by atoms with E-state index in [1.165, 1.54) is 19.2 Å². The van der Waals surface area contributed by atoms with E-state index < -0.39 is 0 Å². The highest BCUT2D eigenvalue weighted by Crippen LogP contribution is 2.12. The number of hydrogen-bond acceptors (Lipinski definition) is 3. The van der Waals surface area contributed by atoms with E-state index in [-0.39, 0.29) is 24.2 Å². The zero-order chi connectivity index (χ0) is 14.3. The minimum Gasteiger partial charge on any atom is -0.469 e. The summed E-state index contributed by atoms with van der Waals surface area (Å²) in [6, 6.07) is 6.16. The lowest BCUT2D eigenvalue weighted by Gasteiger charge is -2.17. The molecule has 0 aromatic heterocycles. The monoisotopic (exact) mass is 284 g/mol. The molecule has 0 heterocycles. The molecule has 0 spiro atoms. The molecule has 4 nitrogen and oxygen atoms in total. The molecule has 0 saturated heterocycles. The number of rotatable bonds is 5. The Kier molecular flexibility index (Phi) is 6.21. The van der Waals surface area contributed by atoms with Crippen LogP contribution in [0.3, 0.4) is 0 Å². The van der Waals surface area contributed by atoms with Crippen molar-refractivity contribution >= 4 is 23.3 Å². The first-order valence-electron chi connectivity index (χ1n) is 5.89. The van der Waals surface area contributed by atoms with E-state index in [2.05, 4.69) is 15.4 Å². The number of methoxy groups -OCH3 is 1. The average molecular weight is 284 g/mol. The Hall–Kier alpha value is -1.69. The number of carbonyl (C=O) groups excluding carboxylic acids is 1. The standard InChI is InChI=1S/C13H17FN2O2S/c1-9(10-3-5-11(14)6-4-10)16-13(19)15-8-7-12(17)18-2/h3-6,9H,7-8H2,1-2H3,(H2,15,16,19). The second-order valence-corrected chi connectivity index (χ2v) is 4.41. The topological polar surface area (TPSA) is 50.4 Å². The number of esters is 1. The van der Waals surface area contributed by atoms with Gasteiger partial charge in [0.25, 0.3) is 0 Å². The smallest absolute Gasteiger partial charge is 0.307 e. The van der Waals surface area contributed by atoms with E-state index >= 15 is 0 Å². The first-order valence-corrected chi connectivity index (χ1v) is 6.30. The van der Waals surface area contributed by atoms with Crippen LogP contribution in [0.15, 0.2) is 24.3 Å². The van der Waals surface area contributed by atoms with Gasteiger partial charge in [-0.25, -0.2) is 4.39 Å². The molecule has 1 atom stereocenters. The quantitative estimate of drug-likeness (QED) is 0.639. The maximum Gasteiger partial charge on any atom is 0.307 e. The molecule has 0 aliphatic rings. The van der Waals surface area contributed by atoms with Crippen molar-refractivity contribution < 1.29 is 13.9 Å². The molecule has 0 aliphatic carbocycles. The second-order valence-electron chi connectivity index (χ2n) is 4.00. The van der Waals surface area contributed by atoms with E-state index in [1.807, 2.05) is 6.92 Å². The minimum atomic E-state index is -0.290. The number of benzene rings is 1. The van der Waals surface area contributed by atoms with Crippen LogP contribution in [0.5, 0.6) is 0 Å². The molecule has 104 valence electrons. The lowest BCUT2D eigenvalue weighted by atomic mass is 10.1. The summed E-state index contributed by atoms with van der Waals surface area (Å²) < 4.78 is 17.3. The van der Waals surface area contributed by atoms with Gasteiger partial charge in [-0.2, -0.15) is 0 Å². The van der Waals surface area contributed by atoms with Gasteiger partial charge in [-0.3, -0.25) is 4.79 Å². The molecule has 1 aromatic rings. The van der Waals surface area contributed by atoms with Crippen LogP contribution in [-0.4, -0.2) is 24.7 Å². The Morgan fingerprint density at radius 2 is 2.05 bits per heavy atom. The third-order valence-corrected chi connectivity index (χ3v) is 2.82. The molecule has 0 radical (unpaired) electrons. The van der Waals surface area contributed by atoms with Crippen molar-refractivity contribution in [3.05, 3.63) is 35.6 Å². The normalized spacial score (nSPS) is 11.5. The van der Waals surface area contributed by atoms with Gasteiger partial charge in [0.1, 0.15) is 5.82 Å². The molecular weight excluding hydrogens is 267 g/mol. The Bertz CT molecular complexity index is 437. The highest BCUT2D eigenvalue weighted by Gasteiger charge is 2.07. The summed E-state index contributed by atoms with van der Waals surface area (Å²) in [5.41, 5.74) is 0.929. The Morgan fingerprint density at radius 3 is 2.63 bits per heavy atom. The number of nitrogens with one attached hydrogen (secondary N) is 2. The fourth-order valence-electron chi connectivity index (χ4n) is 1.46. The summed E-state index contributed by atoms with van der Waals surface area (Å²) in [7, 11) is 1.34. The van der Waals surface area contributed by atoms with Crippen LogP contribution in [-0.2, 0) is 9.53 Å². The molecule has 1 unspecified atom stereocenters. The molecule has 0 bridgehead atoms. The highest BCUT2D eigenvalue weighted by atomic mass is 32.1. The summed E-state index contributed by atoms with van der Waals surface area (Å²) in [6.45, 7) is 2.33. The molecule has 1 aromatic carbocycles. The third kappa shape index (κ3) is 5.65. The first kappa shape index (κ1) is 15.4. The van der Waals surface area contributed by atoms with Crippen LogP contribution in [0.4, 0.5) is 4.39 Å². The van der Waals surface area contributed by atoms with Gasteiger partial charge in [0, 0.05) is 6.54 Å². The largest absolute Gasteiger partial charge is 0.469 e.